The number of carbonyl (C=O) groups is 4. The Morgan fingerprint density at radius 1 is 1.11 bits per heavy atom. The molecule has 9 heteroatoms. The van der Waals surface area contributed by atoms with Crippen molar-refractivity contribution in [2.24, 2.45) is 23.7 Å². The Morgan fingerprint density at radius 3 is 2.39 bits per heavy atom. The monoisotopic (exact) mass is 424 g/mol. The number of rotatable bonds is 5. The molecule has 2 aliphatic carbocycles. The van der Waals surface area contributed by atoms with E-state index in [9.17, 15) is 19.2 Å². The number of esters is 1. The summed E-state index contributed by atoms with van der Waals surface area (Å²) < 4.78 is 4.92. The first-order chi connectivity index (χ1) is 13.3. The summed E-state index contributed by atoms with van der Waals surface area (Å²) in [6, 6.07) is 4.57. The summed E-state index contributed by atoms with van der Waals surface area (Å²) in [5, 5.41) is 3.17. The molecule has 2 saturated carbocycles. The Balaban J connectivity index is 1.30. The van der Waals surface area contributed by atoms with Gasteiger partial charge < -0.3 is 10.1 Å². The van der Waals surface area contributed by atoms with E-state index in [1.165, 1.54) is 12.1 Å². The molecule has 1 N–H and O–H groups in total. The van der Waals surface area contributed by atoms with Crippen LogP contribution in [0.1, 0.15) is 19.3 Å². The average molecular weight is 425 g/mol. The molecular weight excluding hydrogens is 407 g/mol. The average Bonchev–Trinajstić information content (AvgIpc) is 3.33. The molecule has 0 spiro atoms. The van der Waals surface area contributed by atoms with E-state index in [-0.39, 0.29) is 35.5 Å². The minimum Gasteiger partial charge on any atom is -0.454 e. The molecule has 0 radical (unpaired) electrons. The highest BCUT2D eigenvalue weighted by molar-refractivity contribution is 6.35. The van der Waals surface area contributed by atoms with Crippen LogP contribution in [0.2, 0.25) is 10.0 Å². The van der Waals surface area contributed by atoms with Crippen molar-refractivity contribution < 1.29 is 23.9 Å². The number of nitrogens with one attached hydrogen (secondary N) is 1. The highest BCUT2D eigenvalue weighted by Crippen LogP contribution is 2.56. The second-order valence-electron chi connectivity index (χ2n) is 7.48. The molecule has 0 aromatic heterocycles. The van der Waals surface area contributed by atoms with Gasteiger partial charge in [-0.25, -0.2) is 0 Å². The second-order valence-corrected chi connectivity index (χ2v) is 8.32. The van der Waals surface area contributed by atoms with Gasteiger partial charge in [0.15, 0.2) is 6.61 Å². The van der Waals surface area contributed by atoms with Gasteiger partial charge >= 0.3 is 5.97 Å². The molecule has 1 aromatic carbocycles. The van der Waals surface area contributed by atoms with E-state index in [1.54, 1.807) is 6.07 Å². The Kier molecular flexibility index (Phi) is 5.05. The van der Waals surface area contributed by atoms with E-state index in [1.807, 2.05) is 0 Å². The molecule has 7 nitrogen and oxygen atoms in total. The fourth-order valence-corrected chi connectivity index (χ4v) is 5.06. The SMILES string of the molecule is O=C(COC(=O)CN1C(=O)[C@@H]2[C@H]3CC[C@@H](C3)[C@@H]2C1=O)Nc1cc(Cl)ccc1Cl. The van der Waals surface area contributed by atoms with Crippen molar-refractivity contribution in [3.05, 3.63) is 28.2 Å². The topological polar surface area (TPSA) is 92.8 Å². The molecule has 2 bridgehead atoms. The fourth-order valence-electron chi connectivity index (χ4n) is 4.73. The first-order valence-corrected chi connectivity index (χ1v) is 9.86. The third-order valence-electron chi connectivity index (χ3n) is 5.87. The number of likely N-dealkylation sites (tertiary alicyclic amines) is 1. The van der Waals surface area contributed by atoms with Crippen molar-refractivity contribution in [2.45, 2.75) is 19.3 Å². The predicted octanol–water partition coefficient (Wildman–Crippen LogP) is 2.51. The van der Waals surface area contributed by atoms with E-state index >= 15 is 0 Å². The number of imide groups is 1. The van der Waals surface area contributed by atoms with Gasteiger partial charge in [0.2, 0.25) is 11.8 Å². The van der Waals surface area contributed by atoms with Crippen molar-refractivity contribution in [2.75, 3.05) is 18.5 Å². The van der Waals surface area contributed by atoms with Gasteiger partial charge in [-0.05, 0) is 49.3 Å². The number of anilines is 1. The minimum atomic E-state index is -0.804. The van der Waals surface area contributed by atoms with Gasteiger partial charge in [0.05, 0.1) is 22.5 Å². The molecule has 1 heterocycles. The van der Waals surface area contributed by atoms with Crippen LogP contribution in [0.5, 0.6) is 0 Å². The Bertz CT molecular complexity index is 846. The first kappa shape index (κ1) is 19.2. The van der Waals surface area contributed by atoms with Crippen molar-refractivity contribution in [1.82, 2.24) is 4.90 Å². The van der Waals surface area contributed by atoms with E-state index in [2.05, 4.69) is 5.32 Å². The first-order valence-electron chi connectivity index (χ1n) is 9.11. The lowest BCUT2D eigenvalue weighted by Crippen LogP contribution is -2.38. The summed E-state index contributed by atoms with van der Waals surface area (Å²) in [5.74, 6) is -2.04. The van der Waals surface area contributed by atoms with Crippen LogP contribution in [0.3, 0.4) is 0 Å². The standard InChI is InChI=1S/C19H18Cl2N2O5/c20-11-3-4-12(21)13(6-11)22-14(24)8-28-15(25)7-23-18(26)16-9-1-2-10(5-9)17(16)19(23)27/h3-4,6,9-10,16-17H,1-2,5,7-8H2,(H,22,24)/t9-,10-,16-,17+/m0/s1. The van der Waals surface area contributed by atoms with Crippen LogP contribution in [0, 0.1) is 23.7 Å². The van der Waals surface area contributed by atoms with E-state index < -0.39 is 25.0 Å². The normalized spacial score (nSPS) is 27.9. The molecule has 1 aliphatic heterocycles. The number of halogens is 2. The lowest BCUT2D eigenvalue weighted by atomic mass is 9.81. The maximum atomic E-state index is 12.6. The second kappa shape index (κ2) is 7.37. The van der Waals surface area contributed by atoms with Crippen molar-refractivity contribution in [3.8, 4) is 0 Å². The van der Waals surface area contributed by atoms with Crippen LogP contribution in [-0.2, 0) is 23.9 Å². The molecule has 3 aliphatic rings. The summed E-state index contributed by atoms with van der Waals surface area (Å²) in [7, 11) is 0. The van der Waals surface area contributed by atoms with Crippen LogP contribution in [0.15, 0.2) is 18.2 Å². The maximum absolute atomic E-state index is 12.6. The lowest BCUT2D eigenvalue weighted by molar-refractivity contribution is -0.154. The number of benzene rings is 1. The number of fused-ring (bicyclic) bond motifs is 5. The molecule has 0 unspecified atom stereocenters. The van der Waals surface area contributed by atoms with Gasteiger partial charge in [-0.2, -0.15) is 0 Å². The minimum absolute atomic E-state index is 0.251. The molecule has 1 aromatic rings. The fraction of sp³-hybridized carbons (Fsp3) is 0.474. The van der Waals surface area contributed by atoms with Gasteiger partial charge in [0.25, 0.3) is 5.91 Å². The van der Waals surface area contributed by atoms with E-state index in [0.717, 1.165) is 24.2 Å². The van der Waals surface area contributed by atoms with Gasteiger partial charge in [0, 0.05) is 5.02 Å². The number of carbonyl (C=O) groups excluding carboxylic acids is 4. The summed E-state index contributed by atoms with van der Waals surface area (Å²) in [4.78, 5) is 50.2. The largest absolute Gasteiger partial charge is 0.454 e. The predicted molar refractivity (Wildman–Crippen MR) is 101 cm³/mol. The van der Waals surface area contributed by atoms with Crippen LogP contribution in [-0.4, -0.2) is 41.7 Å². The number of ether oxygens (including phenoxy) is 1. The lowest BCUT2D eigenvalue weighted by Gasteiger charge is -2.19. The molecule has 3 amide bonds. The Labute approximate surface area is 171 Å². The smallest absolute Gasteiger partial charge is 0.326 e. The summed E-state index contributed by atoms with van der Waals surface area (Å²) in [5.41, 5.74) is 0.295. The van der Waals surface area contributed by atoms with Crippen LogP contribution < -0.4 is 5.32 Å². The van der Waals surface area contributed by atoms with E-state index in [4.69, 9.17) is 27.9 Å². The Hall–Kier alpha value is -2.12. The van der Waals surface area contributed by atoms with Gasteiger partial charge in [-0.15, -0.1) is 0 Å². The van der Waals surface area contributed by atoms with Crippen LogP contribution in [0.4, 0.5) is 5.69 Å². The maximum Gasteiger partial charge on any atom is 0.326 e. The van der Waals surface area contributed by atoms with Crippen LogP contribution >= 0.6 is 23.2 Å². The molecular formula is C19H18Cl2N2O5. The zero-order valence-electron chi connectivity index (χ0n) is 14.8. The van der Waals surface area contributed by atoms with E-state index in [0.29, 0.717) is 15.7 Å². The number of nitrogens with zero attached hydrogens (tertiary/aromatic N) is 1. The van der Waals surface area contributed by atoms with Crippen molar-refractivity contribution in [3.63, 3.8) is 0 Å². The summed E-state index contributed by atoms with van der Waals surface area (Å²) in [6.07, 6.45) is 2.86. The number of hydrogen-bond acceptors (Lipinski definition) is 5. The molecule has 3 fully saturated rings. The number of amides is 3. The highest BCUT2D eigenvalue weighted by Gasteiger charge is 2.61. The van der Waals surface area contributed by atoms with Crippen LogP contribution in [0.25, 0.3) is 0 Å². The zero-order valence-corrected chi connectivity index (χ0v) is 16.3. The molecule has 28 heavy (non-hydrogen) atoms. The van der Waals surface area contributed by atoms with Crippen molar-refractivity contribution >= 4 is 52.6 Å². The van der Waals surface area contributed by atoms with Gasteiger partial charge in [-0.3, -0.25) is 24.1 Å². The third kappa shape index (κ3) is 3.37. The number of hydrogen-bond donors (Lipinski definition) is 1. The summed E-state index contributed by atoms with van der Waals surface area (Å²) >= 11 is 11.8. The molecule has 1 saturated heterocycles. The van der Waals surface area contributed by atoms with Gasteiger partial charge in [0.1, 0.15) is 6.54 Å². The van der Waals surface area contributed by atoms with Crippen molar-refractivity contribution in [1.29, 1.82) is 0 Å². The molecule has 4 rings (SSSR count). The molecule has 148 valence electrons. The Morgan fingerprint density at radius 2 is 1.75 bits per heavy atom. The highest BCUT2D eigenvalue weighted by atomic mass is 35.5. The summed E-state index contributed by atoms with van der Waals surface area (Å²) in [6.45, 7) is -1.02. The van der Waals surface area contributed by atoms with Gasteiger partial charge in [-0.1, -0.05) is 23.2 Å². The zero-order chi connectivity index (χ0) is 20.0. The quantitative estimate of drug-likeness (QED) is 0.578. The third-order valence-corrected chi connectivity index (χ3v) is 6.44. The molecule has 4 atom stereocenters.